The predicted octanol–water partition coefficient (Wildman–Crippen LogP) is 1.71. The van der Waals surface area contributed by atoms with Gasteiger partial charge in [0.05, 0.1) is 16.5 Å². The Bertz CT molecular complexity index is 455. The van der Waals surface area contributed by atoms with Gasteiger partial charge in [0.2, 0.25) is 0 Å². The van der Waals surface area contributed by atoms with E-state index < -0.39 is 9.84 Å². The summed E-state index contributed by atoms with van der Waals surface area (Å²) in [5.74, 6) is 0.266. The summed E-state index contributed by atoms with van der Waals surface area (Å²) in [5.41, 5.74) is 6.45. The molecule has 0 heterocycles. The van der Waals surface area contributed by atoms with Crippen LogP contribution in [0.1, 0.15) is 18.4 Å². The number of sulfone groups is 1. The maximum atomic E-state index is 11.6. The van der Waals surface area contributed by atoms with Gasteiger partial charge in [-0.25, -0.2) is 8.42 Å². The molecule has 2 N–H and O–H groups in total. The molecular formula is C12H17NO2S2. The van der Waals surface area contributed by atoms with Gasteiger partial charge in [-0.15, -0.1) is 0 Å². The van der Waals surface area contributed by atoms with E-state index in [9.17, 15) is 8.42 Å². The quantitative estimate of drug-likeness (QED) is 0.767. The van der Waals surface area contributed by atoms with Crippen molar-refractivity contribution < 1.29 is 8.42 Å². The Hall–Kier alpha value is -0.940. The second kappa shape index (κ2) is 6.71. The summed E-state index contributed by atoms with van der Waals surface area (Å²) in [4.78, 5) is 0.261. The van der Waals surface area contributed by atoms with Crippen LogP contribution in [0.2, 0.25) is 0 Å². The summed E-state index contributed by atoms with van der Waals surface area (Å²) in [7, 11) is -3.01. The van der Waals surface area contributed by atoms with Crippen molar-refractivity contribution >= 4 is 27.0 Å². The lowest BCUT2D eigenvalue weighted by atomic mass is 10.1. The molecule has 3 nitrogen and oxygen atoms in total. The molecule has 0 amide bonds. The largest absolute Gasteiger partial charge is 0.393 e. The van der Waals surface area contributed by atoms with E-state index in [0.717, 1.165) is 12.0 Å². The summed E-state index contributed by atoms with van der Waals surface area (Å²) in [6.07, 6.45) is 1.71. The fourth-order valence-corrected chi connectivity index (χ4v) is 3.05. The third kappa shape index (κ3) is 6.38. The normalized spacial score (nSPS) is 11.3. The minimum absolute atomic E-state index is 0.0666. The Balaban J connectivity index is 2.33. The van der Waals surface area contributed by atoms with E-state index in [1.807, 2.05) is 30.3 Å². The molecule has 0 fully saturated rings. The van der Waals surface area contributed by atoms with Crippen LogP contribution in [0, 0.1) is 0 Å². The van der Waals surface area contributed by atoms with Gasteiger partial charge in [0, 0.05) is 6.42 Å². The molecule has 1 rings (SSSR count). The van der Waals surface area contributed by atoms with Gasteiger partial charge in [-0.2, -0.15) is 0 Å². The van der Waals surface area contributed by atoms with E-state index in [2.05, 4.69) is 12.2 Å². The summed E-state index contributed by atoms with van der Waals surface area (Å²) in [5, 5.41) is 0. The molecule has 0 bridgehead atoms. The molecule has 94 valence electrons. The molecule has 0 aliphatic rings. The Labute approximate surface area is 108 Å². The molecule has 0 atom stereocenters. The standard InChI is InChI=1S/C12H17NO2S2/c13-12(16)8-10-17(14,15)9-4-7-11-5-2-1-3-6-11/h1-3,5-6H,4,7-10H2,(H2,13,16). The molecule has 0 aromatic heterocycles. The summed E-state index contributed by atoms with van der Waals surface area (Å²) < 4.78 is 23.2. The van der Waals surface area contributed by atoms with E-state index in [-0.39, 0.29) is 22.9 Å². The molecule has 1 aromatic carbocycles. The summed E-state index contributed by atoms with van der Waals surface area (Å²) in [6, 6.07) is 9.86. The van der Waals surface area contributed by atoms with Gasteiger partial charge in [-0.3, -0.25) is 0 Å². The minimum atomic E-state index is -3.01. The van der Waals surface area contributed by atoms with Crippen LogP contribution in [0.5, 0.6) is 0 Å². The highest BCUT2D eigenvalue weighted by atomic mass is 32.2. The topological polar surface area (TPSA) is 60.2 Å². The van der Waals surface area contributed by atoms with Gasteiger partial charge in [0.25, 0.3) is 0 Å². The Morgan fingerprint density at radius 3 is 2.41 bits per heavy atom. The van der Waals surface area contributed by atoms with Crippen molar-refractivity contribution in [3.63, 3.8) is 0 Å². The van der Waals surface area contributed by atoms with E-state index >= 15 is 0 Å². The van der Waals surface area contributed by atoms with Crippen LogP contribution in [-0.2, 0) is 16.3 Å². The van der Waals surface area contributed by atoms with Gasteiger partial charge in [-0.05, 0) is 18.4 Å². The van der Waals surface area contributed by atoms with Gasteiger partial charge < -0.3 is 5.73 Å². The zero-order chi connectivity index (χ0) is 12.7. The van der Waals surface area contributed by atoms with Gasteiger partial charge in [-0.1, -0.05) is 42.5 Å². The Morgan fingerprint density at radius 1 is 1.18 bits per heavy atom. The lowest BCUT2D eigenvalue weighted by molar-refractivity contribution is 0.593. The van der Waals surface area contributed by atoms with Crippen LogP contribution >= 0.6 is 12.2 Å². The lowest BCUT2D eigenvalue weighted by Gasteiger charge is -2.04. The first-order chi connectivity index (χ1) is 7.99. The van der Waals surface area contributed by atoms with Crippen LogP contribution in [0.15, 0.2) is 30.3 Å². The number of hydrogen-bond acceptors (Lipinski definition) is 3. The molecule has 0 radical (unpaired) electrons. The van der Waals surface area contributed by atoms with Gasteiger partial charge >= 0.3 is 0 Å². The van der Waals surface area contributed by atoms with E-state index in [0.29, 0.717) is 6.42 Å². The molecule has 0 unspecified atom stereocenters. The van der Waals surface area contributed by atoms with Crippen LogP contribution in [-0.4, -0.2) is 24.9 Å². The highest BCUT2D eigenvalue weighted by molar-refractivity contribution is 7.91. The SMILES string of the molecule is NC(=S)CCS(=O)(=O)CCCc1ccccc1. The molecule has 0 aliphatic carbocycles. The molecule has 0 saturated heterocycles. The second-order valence-corrected chi connectivity index (χ2v) is 6.79. The number of benzene rings is 1. The van der Waals surface area contributed by atoms with Crippen molar-refractivity contribution in [1.29, 1.82) is 0 Å². The molecule has 1 aromatic rings. The fourth-order valence-electron chi connectivity index (χ4n) is 1.50. The zero-order valence-electron chi connectivity index (χ0n) is 9.63. The third-order valence-corrected chi connectivity index (χ3v) is 4.36. The number of nitrogens with two attached hydrogens (primary N) is 1. The van der Waals surface area contributed by atoms with Crippen molar-refractivity contribution in [3.8, 4) is 0 Å². The Kier molecular flexibility index (Phi) is 5.58. The number of rotatable bonds is 7. The number of hydrogen-bond donors (Lipinski definition) is 1. The molecule has 5 heteroatoms. The monoisotopic (exact) mass is 271 g/mol. The van der Waals surface area contributed by atoms with Gasteiger partial charge in [0.1, 0.15) is 0 Å². The van der Waals surface area contributed by atoms with Crippen molar-refractivity contribution in [2.45, 2.75) is 19.3 Å². The Morgan fingerprint density at radius 2 is 1.82 bits per heavy atom. The first-order valence-corrected chi connectivity index (χ1v) is 7.75. The average molecular weight is 271 g/mol. The fraction of sp³-hybridized carbons (Fsp3) is 0.417. The van der Waals surface area contributed by atoms with Crippen molar-refractivity contribution in [3.05, 3.63) is 35.9 Å². The van der Waals surface area contributed by atoms with Crippen molar-refractivity contribution in [1.82, 2.24) is 0 Å². The van der Waals surface area contributed by atoms with Crippen molar-refractivity contribution in [2.24, 2.45) is 5.73 Å². The smallest absolute Gasteiger partial charge is 0.150 e. The van der Waals surface area contributed by atoms with E-state index in [1.54, 1.807) is 0 Å². The maximum absolute atomic E-state index is 11.6. The maximum Gasteiger partial charge on any atom is 0.150 e. The van der Waals surface area contributed by atoms with Crippen LogP contribution in [0.4, 0.5) is 0 Å². The van der Waals surface area contributed by atoms with Crippen molar-refractivity contribution in [2.75, 3.05) is 11.5 Å². The summed E-state index contributed by atoms with van der Waals surface area (Å²) >= 11 is 4.67. The highest BCUT2D eigenvalue weighted by Crippen LogP contribution is 2.05. The predicted molar refractivity (Wildman–Crippen MR) is 74.8 cm³/mol. The zero-order valence-corrected chi connectivity index (χ0v) is 11.3. The minimum Gasteiger partial charge on any atom is -0.393 e. The van der Waals surface area contributed by atoms with Crippen LogP contribution in [0.3, 0.4) is 0 Å². The average Bonchev–Trinajstić information content (AvgIpc) is 2.28. The van der Waals surface area contributed by atoms with E-state index in [1.165, 1.54) is 0 Å². The molecule has 0 saturated carbocycles. The molecule has 0 aliphatic heterocycles. The highest BCUT2D eigenvalue weighted by Gasteiger charge is 2.10. The summed E-state index contributed by atoms with van der Waals surface area (Å²) in [6.45, 7) is 0. The molecule has 0 spiro atoms. The third-order valence-electron chi connectivity index (χ3n) is 2.42. The van der Waals surface area contributed by atoms with Gasteiger partial charge in [0.15, 0.2) is 9.84 Å². The van der Waals surface area contributed by atoms with Crippen LogP contribution in [0.25, 0.3) is 0 Å². The second-order valence-electron chi connectivity index (χ2n) is 3.96. The molecule has 17 heavy (non-hydrogen) atoms. The number of thiocarbonyl (C=S) groups is 1. The first kappa shape index (κ1) is 14.1. The number of aryl methyl sites for hydroxylation is 1. The first-order valence-electron chi connectivity index (χ1n) is 5.52. The molecular weight excluding hydrogens is 254 g/mol. The lowest BCUT2D eigenvalue weighted by Crippen LogP contribution is -2.18. The van der Waals surface area contributed by atoms with E-state index in [4.69, 9.17) is 5.73 Å². The van der Waals surface area contributed by atoms with Crippen LogP contribution < -0.4 is 5.73 Å².